The average Bonchev–Trinajstić information content (AvgIpc) is 2.35. The number of hydrogen-bond donors (Lipinski definition) is 1. The third-order valence-electron chi connectivity index (χ3n) is 2.62. The number of esters is 1. The van der Waals surface area contributed by atoms with E-state index in [1.54, 1.807) is 7.05 Å². The van der Waals surface area contributed by atoms with Gasteiger partial charge in [0.05, 0.1) is 26.7 Å². The van der Waals surface area contributed by atoms with Crippen LogP contribution in [0.3, 0.4) is 0 Å². The molecule has 0 aromatic carbocycles. The predicted molar refractivity (Wildman–Crippen MR) is 56.9 cm³/mol. The summed E-state index contributed by atoms with van der Waals surface area (Å²) in [7, 11) is 2.95. The Morgan fingerprint density at radius 2 is 2.31 bits per heavy atom. The lowest BCUT2D eigenvalue weighted by molar-refractivity contribution is -0.143. The molecule has 0 radical (unpaired) electrons. The third-order valence-corrected chi connectivity index (χ3v) is 2.62. The zero-order valence-corrected chi connectivity index (χ0v) is 9.69. The van der Waals surface area contributed by atoms with Gasteiger partial charge in [-0.15, -0.1) is 0 Å². The summed E-state index contributed by atoms with van der Waals surface area (Å²) in [5, 5.41) is 2.59. The normalized spacial score (nSPS) is 21.5. The maximum atomic E-state index is 11.5. The fourth-order valence-electron chi connectivity index (χ4n) is 1.65. The van der Waals surface area contributed by atoms with Crippen molar-refractivity contribution in [2.45, 2.75) is 12.5 Å². The number of amides is 1. The highest BCUT2D eigenvalue weighted by molar-refractivity contribution is 5.81. The van der Waals surface area contributed by atoms with E-state index in [0.717, 1.165) is 0 Å². The summed E-state index contributed by atoms with van der Waals surface area (Å²) in [6.07, 6.45) is 0.296. The maximum Gasteiger partial charge on any atom is 0.306 e. The van der Waals surface area contributed by atoms with Gasteiger partial charge in [0, 0.05) is 20.1 Å². The number of carbonyl (C=O) groups is 2. The number of ether oxygens (including phenoxy) is 2. The number of nitrogens with zero attached hydrogens (tertiary/aromatic N) is 1. The van der Waals surface area contributed by atoms with Crippen molar-refractivity contribution in [2.75, 3.05) is 40.5 Å². The van der Waals surface area contributed by atoms with Crippen molar-refractivity contribution in [3.05, 3.63) is 0 Å². The average molecular weight is 230 g/mol. The molecule has 0 saturated carbocycles. The molecule has 1 aliphatic rings. The van der Waals surface area contributed by atoms with Gasteiger partial charge in [-0.05, 0) is 0 Å². The van der Waals surface area contributed by atoms with E-state index in [1.165, 1.54) is 7.11 Å². The monoisotopic (exact) mass is 230 g/mol. The number of carbonyl (C=O) groups excluding carboxylic acids is 2. The fraction of sp³-hybridized carbons (Fsp3) is 0.800. The molecule has 0 spiro atoms. The van der Waals surface area contributed by atoms with Gasteiger partial charge in [0.25, 0.3) is 0 Å². The van der Waals surface area contributed by atoms with Gasteiger partial charge in [-0.25, -0.2) is 0 Å². The minimum Gasteiger partial charge on any atom is -0.469 e. The van der Waals surface area contributed by atoms with Gasteiger partial charge in [0.1, 0.15) is 6.04 Å². The molecule has 1 heterocycles. The van der Waals surface area contributed by atoms with Gasteiger partial charge in [-0.1, -0.05) is 0 Å². The molecule has 16 heavy (non-hydrogen) atoms. The molecule has 1 rings (SSSR count). The number of hydrogen-bond acceptors (Lipinski definition) is 5. The first kappa shape index (κ1) is 12.9. The Morgan fingerprint density at radius 3 is 2.94 bits per heavy atom. The van der Waals surface area contributed by atoms with Crippen LogP contribution in [0.5, 0.6) is 0 Å². The van der Waals surface area contributed by atoms with E-state index in [4.69, 9.17) is 4.74 Å². The third kappa shape index (κ3) is 3.46. The summed E-state index contributed by atoms with van der Waals surface area (Å²) >= 11 is 0. The summed E-state index contributed by atoms with van der Waals surface area (Å²) in [5.74, 6) is -0.341. The molecule has 1 aliphatic heterocycles. The number of methoxy groups -OCH3 is 1. The van der Waals surface area contributed by atoms with Gasteiger partial charge in [0.15, 0.2) is 0 Å². The molecule has 6 nitrogen and oxygen atoms in total. The molecule has 1 unspecified atom stereocenters. The van der Waals surface area contributed by atoms with Crippen LogP contribution in [0.1, 0.15) is 6.42 Å². The lowest BCUT2D eigenvalue weighted by atomic mass is 10.2. The Bertz CT molecular complexity index is 257. The smallest absolute Gasteiger partial charge is 0.306 e. The minimum absolute atomic E-state index is 0.0791. The molecule has 0 aromatic heterocycles. The molecule has 0 aliphatic carbocycles. The zero-order valence-electron chi connectivity index (χ0n) is 9.69. The molecular formula is C10H18N2O4. The second-order valence-electron chi connectivity index (χ2n) is 3.57. The first-order valence-electron chi connectivity index (χ1n) is 5.29. The predicted octanol–water partition coefficient (Wildman–Crippen LogP) is -1.00. The van der Waals surface area contributed by atoms with E-state index in [2.05, 4.69) is 10.1 Å². The van der Waals surface area contributed by atoms with Crippen molar-refractivity contribution >= 4 is 11.9 Å². The van der Waals surface area contributed by atoms with Crippen LogP contribution in [0, 0.1) is 0 Å². The number of morpholine rings is 1. The van der Waals surface area contributed by atoms with Gasteiger partial charge in [0.2, 0.25) is 5.91 Å². The second-order valence-corrected chi connectivity index (χ2v) is 3.57. The molecule has 1 saturated heterocycles. The molecule has 0 bridgehead atoms. The highest BCUT2D eigenvalue weighted by atomic mass is 16.5. The molecule has 0 aromatic rings. The summed E-state index contributed by atoms with van der Waals surface area (Å²) in [6, 6.07) is -0.302. The number of rotatable bonds is 4. The Hall–Kier alpha value is -1.14. The van der Waals surface area contributed by atoms with Crippen molar-refractivity contribution in [3.8, 4) is 0 Å². The molecule has 1 N–H and O–H groups in total. The van der Waals surface area contributed by atoms with Crippen LogP contribution >= 0.6 is 0 Å². The molecule has 1 amide bonds. The van der Waals surface area contributed by atoms with Crippen LogP contribution in [0.2, 0.25) is 0 Å². The first-order valence-corrected chi connectivity index (χ1v) is 5.29. The summed E-state index contributed by atoms with van der Waals surface area (Å²) in [5.41, 5.74) is 0. The lowest BCUT2D eigenvalue weighted by Gasteiger charge is -2.33. The second kappa shape index (κ2) is 6.44. The standard InChI is InChI=1S/C10H18N2O4/c1-11-10(14)8-7-16-6-5-12(8)4-3-9(13)15-2/h8H,3-7H2,1-2H3,(H,11,14). The first-order chi connectivity index (χ1) is 7.69. The zero-order chi connectivity index (χ0) is 12.0. The maximum absolute atomic E-state index is 11.5. The minimum atomic E-state index is -0.302. The summed E-state index contributed by atoms with van der Waals surface area (Å²) in [6.45, 7) is 2.15. The summed E-state index contributed by atoms with van der Waals surface area (Å²) in [4.78, 5) is 24.5. The number of likely N-dealkylation sites (N-methyl/N-ethyl adjacent to an activating group) is 1. The van der Waals surface area contributed by atoms with E-state index in [1.807, 2.05) is 4.90 Å². The molecule has 1 atom stereocenters. The Kier molecular flexibility index (Phi) is 5.21. The lowest BCUT2D eigenvalue weighted by Crippen LogP contribution is -2.53. The SMILES string of the molecule is CNC(=O)C1COCCN1CCC(=O)OC. The van der Waals surface area contributed by atoms with E-state index >= 15 is 0 Å². The van der Waals surface area contributed by atoms with Gasteiger partial charge in [-0.3, -0.25) is 14.5 Å². The van der Waals surface area contributed by atoms with Crippen molar-refractivity contribution in [1.29, 1.82) is 0 Å². The molecule has 1 fully saturated rings. The molecule has 6 heteroatoms. The Morgan fingerprint density at radius 1 is 1.56 bits per heavy atom. The van der Waals surface area contributed by atoms with E-state index in [0.29, 0.717) is 32.7 Å². The van der Waals surface area contributed by atoms with Crippen molar-refractivity contribution in [3.63, 3.8) is 0 Å². The Labute approximate surface area is 94.9 Å². The van der Waals surface area contributed by atoms with Gasteiger partial charge < -0.3 is 14.8 Å². The van der Waals surface area contributed by atoms with E-state index < -0.39 is 0 Å². The molecular weight excluding hydrogens is 212 g/mol. The van der Waals surface area contributed by atoms with Crippen LogP contribution in [-0.2, 0) is 19.1 Å². The summed E-state index contributed by atoms with van der Waals surface area (Å²) < 4.78 is 9.82. The highest BCUT2D eigenvalue weighted by Crippen LogP contribution is 2.08. The van der Waals surface area contributed by atoms with E-state index in [-0.39, 0.29) is 17.9 Å². The quantitative estimate of drug-likeness (QED) is 0.627. The molecule has 92 valence electrons. The van der Waals surface area contributed by atoms with Crippen LogP contribution < -0.4 is 5.32 Å². The van der Waals surface area contributed by atoms with Gasteiger partial charge in [-0.2, -0.15) is 0 Å². The van der Waals surface area contributed by atoms with Crippen LogP contribution in [0.4, 0.5) is 0 Å². The fourth-order valence-corrected chi connectivity index (χ4v) is 1.65. The topological polar surface area (TPSA) is 67.9 Å². The van der Waals surface area contributed by atoms with Crippen molar-refractivity contribution in [2.24, 2.45) is 0 Å². The van der Waals surface area contributed by atoms with Crippen molar-refractivity contribution in [1.82, 2.24) is 10.2 Å². The highest BCUT2D eigenvalue weighted by Gasteiger charge is 2.28. The number of nitrogens with one attached hydrogen (secondary N) is 1. The van der Waals surface area contributed by atoms with Crippen LogP contribution in [-0.4, -0.2) is 63.3 Å². The van der Waals surface area contributed by atoms with Gasteiger partial charge >= 0.3 is 5.97 Å². The van der Waals surface area contributed by atoms with Crippen LogP contribution in [0.25, 0.3) is 0 Å². The van der Waals surface area contributed by atoms with Crippen LogP contribution in [0.15, 0.2) is 0 Å². The Balaban J connectivity index is 2.47. The largest absolute Gasteiger partial charge is 0.469 e. The van der Waals surface area contributed by atoms with Crippen molar-refractivity contribution < 1.29 is 19.1 Å². The van der Waals surface area contributed by atoms with E-state index in [9.17, 15) is 9.59 Å².